The number of carbonyl (C=O) groups excluding carboxylic acids is 1. The lowest BCUT2D eigenvalue weighted by molar-refractivity contribution is -0.132. The van der Waals surface area contributed by atoms with Crippen molar-refractivity contribution >= 4 is 16.9 Å². The van der Waals surface area contributed by atoms with Gasteiger partial charge in [0.1, 0.15) is 12.2 Å². The molecule has 4 rings (SSSR count). The van der Waals surface area contributed by atoms with E-state index in [1.807, 2.05) is 23.1 Å². The van der Waals surface area contributed by atoms with Crippen LogP contribution in [0.4, 0.5) is 0 Å². The summed E-state index contributed by atoms with van der Waals surface area (Å²) in [5.74, 6) is 1.12. The Morgan fingerprint density at radius 3 is 2.92 bits per heavy atom. The molecule has 0 spiro atoms. The van der Waals surface area contributed by atoms with Gasteiger partial charge in [-0.05, 0) is 49.2 Å². The van der Waals surface area contributed by atoms with E-state index in [-0.39, 0.29) is 18.0 Å². The Labute approximate surface area is 151 Å². The molecule has 1 amide bonds. The summed E-state index contributed by atoms with van der Waals surface area (Å²) >= 11 is 0. The van der Waals surface area contributed by atoms with Crippen molar-refractivity contribution < 1.29 is 4.79 Å². The highest BCUT2D eigenvalue weighted by atomic mass is 16.2. The van der Waals surface area contributed by atoms with Gasteiger partial charge < -0.3 is 9.47 Å². The summed E-state index contributed by atoms with van der Waals surface area (Å²) in [6, 6.07) is 8.51. The average Bonchev–Trinajstić information content (AvgIpc) is 3.37. The standard InChI is InChI=1S/C18H23N7O/c1-13(2)25-15-7-4-3-6-14(15)20-18(25)16-8-5-10-24(16)17(26)9-11-23-12-19-21-22-23/h3-4,6-7,12-13,16H,5,8-11H2,1-2H3/t16-/m0/s1. The van der Waals surface area contributed by atoms with E-state index in [4.69, 9.17) is 4.98 Å². The number of amides is 1. The van der Waals surface area contributed by atoms with Crippen LogP contribution in [0.25, 0.3) is 11.0 Å². The second kappa shape index (κ2) is 6.86. The van der Waals surface area contributed by atoms with Gasteiger partial charge >= 0.3 is 0 Å². The fourth-order valence-corrected chi connectivity index (χ4v) is 3.81. The highest BCUT2D eigenvalue weighted by molar-refractivity contribution is 5.78. The molecule has 1 aliphatic heterocycles. The van der Waals surface area contributed by atoms with Crippen molar-refractivity contribution in [2.45, 2.75) is 51.7 Å². The molecule has 3 heterocycles. The molecule has 0 N–H and O–H groups in total. The molecule has 2 aromatic heterocycles. The monoisotopic (exact) mass is 353 g/mol. The molecule has 1 fully saturated rings. The largest absolute Gasteiger partial charge is 0.332 e. The van der Waals surface area contributed by atoms with Crippen LogP contribution in [0.3, 0.4) is 0 Å². The maximum absolute atomic E-state index is 12.8. The normalized spacial score (nSPS) is 17.5. The molecule has 1 aromatic carbocycles. The Hall–Kier alpha value is -2.77. The quantitative estimate of drug-likeness (QED) is 0.703. The molecule has 0 unspecified atom stereocenters. The summed E-state index contributed by atoms with van der Waals surface area (Å²) in [7, 11) is 0. The number of hydrogen-bond donors (Lipinski definition) is 0. The van der Waals surface area contributed by atoms with Gasteiger partial charge in [-0.3, -0.25) is 4.79 Å². The number of hydrogen-bond acceptors (Lipinski definition) is 5. The average molecular weight is 353 g/mol. The van der Waals surface area contributed by atoms with Crippen LogP contribution in [0.2, 0.25) is 0 Å². The van der Waals surface area contributed by atoms with Crippen LogP contribution in [-0.2, 0) is 11.3 Å². The Morgan fingerprint density at radius 1 is 1.31 bits per heavy atom. The third-order valence-corrected chi connectivity index (χ3v) is 4.96. The molecule has 8 heteroatoms. The van der Waals surface area contributed by atoms with Gasteiger partial charge in [0.25, 0.3) is 0 Å². The lowest BCUT2D eigenvalue weighted by Crippen LogP contribution is -2.32. The van der Waals surface area contributed by atoms with Crippen molar-refractivity contribution in [2.75, 3.05) is 6.54 Å². The molecular formula is C18H23N7O. The number of nitrogens with zero attached hydrogens (tertiary/aromatic N) is 7. The molecule has 8 nitrogen and oxygen atoms in total. The molecule has 1 atom stereocenters. The van der Waals surface area contributed by atoms with E-state index in [0.29, 0.717) is 13.0 Å². The summed E-state index contributed by atoms with van der Waals surface area (Å²) in [6.07, 6.45) is 3.88. The first-order chi connectivity index (χ1) is 12.6. The topological polar surface area (TPSA) is 81.7 Å². The molecule has 0 aliphatic carbocycles. The molecule has 1 saturated heterocycles. The zero-order chi connectivity index (χ0) is 18.1. The van der Waals surface area contributed by atoms with Crippen LogP contribution < -0.4 is 0 Å². The number of fused-ring (bicyclic) bond motifs is 1. The second-order valence-corrected chi connectivity index (χ2v) is 6.99. The van der Waals surface area contributed by atoms with Crippen LogP contribution >= 0.6 is 0 Å². The van der Waals surface area contributed by atoms with E-state index in [1.165, 1.54) is 6.33 Å². The lowest BCUT2D eigenvalue weighted by Gasteiger charge is -2.26. The number of para-hydroxylation sites is 2. The van der Waals surface area contributed by atoms with Gasteiger partial charge in [0.05, 0.1) is 23.6 Å². The first-order valence-electron chi connectivity index (χ1n) is 9.12. The fourth-order valence-electron chi connectivity index (χ4n) is 3.81. The van der Waals surface area contributed by atoms with Crippen molar-refractivity contribution in [1.29, 1.82) is 0 Å². The van der Waals surface area contributed by atoms with Crippen LogP contribution in [0.5, 0.6) is 0 Å². The van der Waals surface area contributed by atoms with Gasteiger partial charge in [0, 0.05) is 19.0 Å². The van der Waals surface area contributed by atoms with Crippen molar-refractivity contribution in [2.24, 2.45) is 0 Å². The first-order valence-corrected chi connectivity index (χ1v) is 9.12. The zero-order valence-electron chi connectivity index (χ0n) is 15.1. The SMILES string of the molecule is CC(C)n1c([C@@H]2CCCN2C(=O)CCn2cnnn2)nc2ccccc21. The predicted octanol–water partition coefficient (Wildman–Crippen LogP) is 2.36. The number of aromatic nitrogens is 6. The van der Waals surface area contributed by atoms with Crippen LogP contribution in [0.15, 0.2) is 30.6 Å². The van der Waals surface area contributed by atoms with Gasteiger partial charge in [-0.1, -0.05) is 12.1 Å². The predicted molar refractivity (Wildman–Crippen MR) is 96.2 cm³/mol. The first kappa shape index (κ1) is 16.7. The van der Waals surface area contributed by atoms with E-state index in [0.717, 1.165) is 36.2 Å². The number of imidazole rings is 1. The second-order valence-electron chi connectivity index (χ2n) is 6.99. The van der Waals surface area contributed by atoms with E-state index in [2.05, 4.69) is 40.0 Å². The van der Waals surface area contributed by atoms with Crippen molar-refractivity contribution in [3.8, 4) is 0 Å². The van der Waals surface area contributed by atoms with Gasteiger partial charge in [-0.25, -0.2) is 9.67 Å². The summed E-state index contributed by atoms with van der Waals surface area (Å²) in [5.41, 5.74) is 2.12. The Balaban J connectivity index is 1.61. The van der Waals surface area contributed by atoms with E-state index < -0.39 is 0 Å². The third kappa shape index (κ3) is 2.95. The zero-order valence-corrected chi connectivity index (χ0v) is 15.1. The van der Waals surface area contributed by atoms with Crippen molar-refractivity contribution in [3.63, 3.8) is 0 Å². The minimum absolute atomic E-state index is 0.0335. The Morgan fingerprint density at radius 2 is 2.15 bits per heavy atom. The van der Waals surface area contributed by atoms with Crippen LogP contribution in [0.1, 0.15) is 51.0 Å². The van der Waals surface area contributed by atoms with Crippen molar-refractivity contribution in [1.82, 2.24) is 34.7 Å². The van der Waals surface area contributed by atoms with E-state index in [9.17, 15) is 4.79 Å². The van der Waals surface area contributed by atoms with Gasteiger partial charge in [0.2, 0.25) is 5.91 Å². The minimum atomic E-state index is 0.0335. The van der Waals surface area contributed by atoms with Crippen LogP contribution in [0, 0.1) is 0 Å². The van der Waals surface area contributed by atoms with Gasteiger partial charge in [0.15, 0.2) is 0 Å². The Kier molecular flexibility index (Phi) is 4.40. The molecule has 1 aliphatic rings. The molecule has 136 valence electrons. The molecule has 3 aromatic rings. The smallest absolute Gasteiger partial charge is 0.225 e. The molecule has 0 saturated carbocycles. The number of aryl methyl sites for hydroxylation is 1. The number of rotatable bonds is 5. The minimum Gasteiger partial charge on any atom is -0.332 e. The molecular weight excluding hydrogens is 330 g/mol. The van der Waals surface area contributed by atoms with E-state index in [1.54, 1.807) is 4.68 Å². The number of carbonyl (C=O) groups is 1. The highest BCUT2D eigenvalue weighted by Crippen LogP contribution is 2.35. The number of likely N-dealkylation sites (tertiary alicyclic amines) is 1. The molecule has 0 radical (unpaired) electrons. The molecule has 26 heavy (non-hydrogen) atoms. The number of tetrazole rings is 1. The Bertz CT molecular complexity index is 900. The van der Waals surface area contributed by atoms with Crippen LogP contribution in [-0.4, -0.2) is 47.1 Å². The summed E-state index contributed by atoms with van der Waals surface area (Å²) in [5, 5.41) is 11.0. The van der Waals surface area contributed by atoms with Gasteiger partial charge in [-0.15, -0.1) is 5.10 Å². The molecule has 0 bridgehead atoms. The van der Waals surface area contributed by atoms with E-state index >= 15 is 0 Å². The highest BCUT2D eigenvalue weighted by Gasteiger charge is 2.33. The van der Waals surface area contributed by atoms with Crippen molar-refractivity contribution in [3.05, 3.63) is 36.4 Å². The fraction of sp³-hybridized carbons (Fsp3) is 0.500. The summed E-state index contributed by atoms with van der Waals surface area (Å²) in [6.45, 7) is 5.60. The number of benzene rings is 1. The lowest BCUT2D eigenvalue weighted by atomic mass is 10.2. The maximum Gasteiger partial charge on any atom is 0.225 e. The summed E-state index contributed by atoms with van der Waals surface area (Å²) in [4.78, 5) is 19.7. The third-order valence-electron chi connectivity index (χ3n) is 4.96. The maximum atomic E-state index is 12.8. The summed E-state index contributed by atoms with van der Waals surface area (Å²) < 4.78 is 3.86. The van der Waals surface area contributed by atoms with Gasteiger partial charge in [-0.2, -0.15) is 0 Å².